The third kappa shape index (κ3) is 3.44. The standard InChI is InChI=1S/C14H9ClF3N3/c1-8-3-2-4-11(10(8)7-19)20-13-6-9(14(16,17)18)5-12(15)21-13/h2-6H,1H3,(H,20,21). The maximum atomic E-state index is 12.7. The molecule has 1 aromatic heterocycles. The quantitative estimate of drug-likeness (QED) is 0.819. The Morgan fingerprint density at radius 3 is 2.62 bits per heavy atom. The van der Waals surface area contributed by atoms with Gasteiger partial charge in [-0.25, -0.2) is 4.98 Å². The molecule has 0 radical (unpaired) electrons. The Morgan fingerprint density at radius 1 is 1.29 bits per heavy atom. The van der Waals surface area contributed by atoms with E-state index in [0.29, 0.717) is 16.8 Å². The van der Waals surface area contributed by atoms with Crippen LogP contribution in [0.3, 0.4) is 0 Å². The van der Waals surface area contributed by atoms with E-state index in [0.717, 1.165) is 12.1 Å². The number of pyridine rings is 1. The fourth-order valence-corrected chi connectivity index (χ4v) is 1.99. The van der Waals surface area contributed by atoms with Gasteiger partial charge in [-0.05, 0) is 30.7 Å². The van der Waals surface area contributed by atoms with Crippen LogP contribution in [0.5, 0.6) is 0 Å². The van der Waals surface area contributed by atoms with Gasteiger partial charge in [0.15, 0.2) is 0 Å². The molecule has 0 fully saturated rings. The molecule has 1 N–H and O–H groups in total. The van der Waals surface area contributed by atoms with E-state index in [-0.39, 0.29) is 11.0 Å². The van der Waals surface area contributed by atoms with E-state index in [9.17, 15) is 13.2 Å². The van der Waals surface area contributed by atoms with Gasteiger partial charge >= 0.3 is 6.18 Å². The van der Waals surface area contributed by atoms with Crippen LogP contribution in [0.4, 0.5) is 24.7 Å². The van der Waals surface area contributed by atoms with Gasteiger partial charge in [0.2, 0.25) is 0 Å². The van der Waals surface area contributed by atoms with Gasteiger partial charge in [-0.2, -0.15) is 18.4 Å². The molecule has 0 unspecified atom stereocenters. The van der Waals surface area contributed by atoms with Gasteiger partial charge < -0.3 is 5.32 Å². The van der Waals surface area contributed by atoms with Crippen molar-refractivity contribution < 1.29 is 13.2 Å². The maximum Gasteiger partial charge on any atom is 0.416 e. The molecular weight excluding hydrogens is 303 g/mol. The van der Waals surface area contributed by atoms with E-state index in [2.05, 4.69) is 10.3 Å². The van der Waals surface area contributed by atoms with Crippen molar-refractivity contribution in [3.63, 3.8) is 0 Å². The number of hydrogen-bond donors (Lipinski definition) is 1. The van der Waals surface area contributed by atoms with Gasteiger partial charge in [-0.15, -0.1) is 0 Å². The molecule has 1 heterocycles. The molecule has 2 aromatic rings. The minimum absolute atomic E-state index is 0.0723. The Labute approximate surface area is 124 Å². The molecule has 0 aliphatic carbocycles. The van der Waals surface area contributed by atoms with Gasteiger partial charge in [0.25, 0.3) is 0 Å². The Hall–Kier alpha value is -2.26. The molecule has 21 heavy (non-hydrogen) atoms. The Bertz CT molecular complexity index is 720. The van der Waals surface area contributed by atoms with Gasteiger partial charge in [-0.1, -0.05) is 23.7 Å². The summed E-state index contributed by atoms with van der Waals surface area (Å²) < 4.78 is 38.2. The summed E-state index contributed by atoms with van der Waals surface area (Å²) in [4.78, 5) is 3.79. The highest BCUT2D eigenvalue weighted by Crippen LogP contribution is 2.33. The number of nitrogens with one attached hydrogen (secondary N) is 1. The summed E-state index contributed by atoms with van der Waals surface area (Å²) in [5.41, 5.74) is 0.518. The van der Waals surface area contributed by atoms with E-state index in [1.165, 1.54) is 0 Å². The van der Waals surface area contributed by atoms with Crippen molar-refractivity contribution in [2.45, 2.75) is 13.1 Å². The first-order valence-electron chi connectivity index (χ1n) is 5.83. The Morgan fingerprint density at radius 2 is 2.00 bits per heavy atom. The largest absolute Gasteiger partial charge is 0.416 e. The van der Waals surface area contributed by atoms with Gasteiger partial charge in [0.05, 0.1) is 16.8 Å². The second-order valence-corrected chi connectivity index (χ2v) is 4.68. The normalized spacial score (nSPS) is 11.0. The van der Waals surface area contributed by atoms with Crippen LogP contribution in [0.1, 0.15) is 16.7 Å². The Balaban J connectivity index is 2.44. The van der Waals surface area contributed by atoms with E-state index in [1.54, 1.807) is 25.1 Å². The minimum Gasteiger partial charge on any atom is -0.339 e. The summed E-state index contributed by atoms with van der Waals surface area (Å²) in [5.74, 6) is -0.0723. The predicted molar refractivity (Wildman–Crippen MR) is 73.4 cm³/mol. The summed E-state index contributed by atoms with van der Waals surface area (Å²) in [6, 6.07) is 8.59. The number of rotatable bonds is 2. The Kier molecular flexibility index (Phi) is 4.05. The minimum atomic E-state index is -4.52. The topological polar surface area (TPSA) is 48.7 Å². The molecule has 3 nitrogen and oxygen atoms in total. The highest BCUT2D eigenvalue weighted by Gasteiger charge is 2.31. The van der Waals surface area contributed by atoms with Crippen LogP contribution in [-0.4, -0.2) is 4.98 Å². The summed E-state index contributed by atoms with van der Waals surface area (Å²) >= 11 is 5.61. The molecule has 0 aliphatic rings. The smallest absolute Gasteiger partial charge is 0.339 e. The first kappa shape index (κ1) is 15.1. The van der Waals surface area contributed by atoms with E-state index in [1.807, 2.05) is 6.07 Å². The van der Waals surface area contributed by atoms with Crippen molar-refractivity contribution in [3.05, 3.63) is 52.2 Å². The van der Waals surface area contributed by atoms with Crippen LogP contribution < -0.4 is 5.32 Å². The number of aryl methyl sites for hydroxylation is 1. The van der Waals surface area contributed by atoms with Gasteiger partial charge in [0.1, 0.15) is 17.0 Å². The second kappa shape index (κ2) is 5.62. The SMILES string of the molecule is Cc1cccc(Nc2cc(C(F)(F)F)cc(Cl)n2)c1C#N. The van der Waals surface area contributed by atoms with E-state index in [4.69, 9.17) is 16.9 Å². The number of nitriles is 1. The fourth-order valence-electron chi connectivity index (χ4n) is 1.78. The first-order valence-corrected chi connectivity index (χ1v) is 6.20. The summed E-state index contributed by atoms with van der Waals surface area (Å²) in [7, 11) is 0. The molecule has 108 valence electrons. The fraction of sp³-hybridized carbons (Fsp3) is 0.143. The first-order chi connectivity index (χ1) is 9.81. The van der Waals surface area contributed by atoms with Crippen molar-refractivity contribution in [2.24, 2.45) is 0 Å². The lowest BCUT2D eigenvalue weighted by Crippen LogP contribution is -2.07. The highest BCUT2D eigenvalue weighted by atomic mass is 35.5. The molecule has 0 amide bonds. The lowest BCUT2D eigenvalue weighted by Gasteiger charge is -2.12. The third-order valence-electron chi connectivity index (χ3n) is 2.77. The van der Waals surface area contributed by atoms with Crippen LogP contribution in [0.2, 0.25) is 5.15 Å². The molecule has 0 saturated carbocycles. The lowest BCUT2D eigenvalue weighted by molar-refractivity contribution is -0.137. The molecule has 1 aromatic carbocycles. The van der Waals surface area contributed by atoms with E-state index >= 15 is 0 Å². The third-order valence-corrected chi connectivity index (χ3v) is 2.96. The van der Waals surface area contributed by atoms with Crippen LogP contribution in [0.25, 0.3) is 0 Å². The highest BCUT2D eigenvalue weighted by molar-refractivity contribution is 6.29. The molecule has 0 saturated heterocycles. The number of benzene rings is 1. The lowest BCUT2D eigenvalue weighted by atomic mass is 10.1. The molecule has 7 heteroatoms. The molecule has 0 atom stereocenters. The summed E-state index contributed by atoms with van der Waals surface area (Å²) in [6.07, 6.45) is -4.52. The van der Waals surface area contributed by atoms with Crippen molar-refractivity contribution in [1.82, 2.24) is 4.98 Å². The zero-order chi connectivity index (χ0) is 15.6. The number of hydrogen-bond acceptors (Lipinski definition) is 3. The zero-order valence-electron chi connectivity index (χ0n) is 10.8. The van der Waals surface area contributed by atoms with Crippen LogP contribution in [0, 0.1) is 18.3 Å². The molecule has 2 rings (SSSR count). The number of halogens is 4. The number of alkyl halides is 3. The van der Waals surface area contributed by atoms with Crippen molar-refractivity contribution >= 4 is 23.1 Å². The van der Waals surface area contributed by atoms with Crippen LogP contribution >= 0.6 is 11.6 Å². The van der Waals surface area contributed by atoms with Crippen LogP contribution in [0.15, 0.2) is 30.3 Å². The van der Waals surface area contributed by atoms with Crippen LogP contribution in [-0.2, 0) is 6.18 Å². The monoisotopic (exact) mass is 311 g/mol. The molecular formula is C14H9ClF3N3. The average molecular weight is 312 g/mol. The molecule has 0 aliphatic heterocycles. The maximum absolute atomic E-state index is 12.7. The van der Waals surface area contributed by atoms with Gasteiger partial charge in [0, 0.05) is 0 Å². The zero-order valence-corrected chi connectivity index (χ0v) is 11.5. The molecule has 0 spiro atoms. The second-order valence-electron chi connectivity index (χ2n) is 4.30. The molecule has 0 bridgehead atoms. The van der Waals surface area contributed by atoms with Crippen molar-refractivity contribution in [3.8, 4) is 6.07 Å². The average Bonchev–Trinajstić information content (AvgIpc) is 2.37. The van der Waals surface area contributed by atoms with E-state index < -0.39 is 11.7 Å². The summed E-state index contributed by atoms with van der Waals surface area (Å²) in [5, 5.41) is 11.5. The predicted octanol–water partition coefficient (Wildman–Crippen LogP) is 4.68. The summed E-state index contributed by atoms with van der Waals surface area (Å²) in [6.45, 7) is 1.73. The number of nitrogens with zero attached hydrogens (tertiary/aromatic N) is 2. The van der Waals surface area contributed by atoms with Gasteiger partial charge in [-0.3, -0.25) is 0 Å². The van der Waals surface area contributed by atoms with Crippen molar-refractivity contribution in [2.75, 3.05) is 5.32 Å². The van der Waals surface area contributed by atoms with Crippen molar-refractivity contribution in [1.29, 1.82) is 5.26 Å². The number of aromatic nitrogens is 1. The number of anilines is 2.